The summed E-state index contributed by atoms with van der Waals surface area (Å²) < 4.78 is 10.1. The fourth-order valence-electron chi connectivity index (χ4n) is 2.22. The molecule has 1 aromatic rings. The Morgan fingerprint density at radius 1 is 1.53 bits per heavy atom. The zero-order valence-corrected chi connectivity index (χ0v) is 10.8. The third-order valence-electron chi connectivity index (χ3n) is 3.21. The number of ether oxygens (including phenoxy) is 1. The Morgan fingerprint density at radius 3 is 2.79 bits per heavy atom. The number of aromatic nitrogens is 1. The molecule has 7 heteroatoms. The molecule has 1 N–H and O–H groups in total. The van der Waals surface area contributed by atoms with E-state index in [-0.39, 0.29) is 24.9 Å². The highest BCUT2D eigenvalue weighted by Gasteiger charge is 2.40. The van der Waals surface area contributed by atoms with E-state index in [1.807, 2.05) is 0 Å². The largest absolute Gasteiger partial charge is 0.481 e. The highest BCUT2D eigenvalue weighted by atomic mass is 16.5. The lowest BCUT2D eigenvalue weighted by atomic mass is 10.0. The highest BCUT2D eigenvalue weighted by Crippen LogP contribution is 2.22. The summed E-state index contributed by atoms with van der Waals surface area (Å²) in [6, 6.07) is 1.07. The quantitative estimate of drug-likeness (QED) is 0.857. The zero-order valence-electron chi connectivity index (χ0n) is 10.8. The molecule has 1 aliphatic rings. The predicted molar refractivity (Wildman–Crippen MR) is 63.7 cm³/mol. The van der Waals surface area contributed by atoms with Gasteiger partial charge in [-0.05, 0) is 13.8 Å². The number of hydrogen-bond donors (Lipinski definition) is 1. The van der Waals surface area contributed by atoms with Crippen LogP contribution < -0.4 is 0 Å². The molecule has 104 valence electrons. The number of nitrogens with zero attached hydrogens (tertiary/aromatic N) is 2. The summed E-state index contributed by atoms with van der Waals surface area (Å²) >= 11 is 0. The molecule has 0 spiro atoms. The van der Waals surface area contributed by atoms with Crippen molar-refractivity contribution in [3.05, 3.63) is 17.5 Å². The van der Waals surface area contributed by atoms with E-state index >= 15 is 0 Å². The maximum Gasteiger partial charge on any atom is 0.311 e. The molecule has 0 aliphatic carbocycles. The van der Waals surface area contributed by atoms with Gasteiger partial charge in [-0.2, -0.15) is 0 Å². The van der Waals surface area contributed by atoms with Crippen LogP contribution in [0.5, 0.6) is 0 Å². The van der Waals surface area contributed by atoms with Gasteiger partial charge in [-0.25, -0.2) is 0 Å². The lowest BCUT2D eigenvalue weighted by Crippen LogP contribution is -2.46. The second kappa shape index (κ2) is 5.40. The van der Waals surface area contributed by atoms with Crippen LogP contribution >= 0.6 is 0 Å². The van der Waals surface area contributed by atoms with Crippen molar-refractivity contribution in [2.75, 3.05) is 19.8 Å². The lowest BCUT2D eigenvalue weighted by Gasteiger charge is -2.28. The third kappa shape index (κ3) is 2.60. The standard InChI is InChI=1S/C12H16N2O5/c1-3-14(9-6-18-5-8(9)12(16)17)11(15)10-4-7(2)13-19-10/h4,8-9H,3,5-6H2,1-2H3,(H,16,17). The van der Waals surface area contributed by atoms with Gasteiger partial charge in [0.25, 0.3) is 5.91 Å². The van der Waals surface area contributed by atoms with Gasteiger partial charge in [0.15, 0.2) is 0 Å². The molecule has 2 unspecified atom stereocenters. The first-order chi connectivity index (χ1) is 9.04. The van der Waals surface area contributed by atoms with Gasteiger partial charge in [0.2, 0.25) is 5.76 Å². The van der Waals surface area contributed by atoms with Crippen LogP contribution in [-0.4, -0.2) is 52.8 Å². The molecule has 2 atom stereocenters. The van der Waals surface area contributed by atoms with Crippen LogP contribution in [0.4, 0.5) is 0 Å². The lowest BCUT2D eigenvalue weighted by molar-refractivity contribution is -0.142. The molecule has 0 saturated carbocycles. The second-order valence-electron chi connectivity index (χ2n) is 4.47. The van der Waals surface area contributed by atoms with Gasteiger partial charge < -0.3 is 19.3 Å². The minimum absolute atomic E-state index is 0.121. The minimum atomic E-state index is -0.956. The van der Waals surface area contributed by atoms with E-state index in [4.69, 9.17) is 14.4 Å². The molecular weight excluding hydrogens is 252 g/mol. The highest BCUT2D eigenvalue weighted by molar-refractivity contribution is 5.92. The van der Waals surface area contributed by atoms with Gasteiger partial charge >= 0.3 is 5.97 Å². The summed E-state index contributed by atoms with van der Waals surface area (Å²) in [6.07, 6.45) is 0. The number of carboxylic acids is 1. The number of amides is 1. The van der Waals surface area contributed by atoms with Gasteiger partial charge in [0, 0.05) is 12.6 Å². The fourth-order valence-corrected chi connectivity index (χ4v) is 2.22. The van der Waals surface area contributed by atoms with Crippen molar-refractivity contribution in [2.45, 2.75) is 19.9 Å². The fraction of sp³-hybridized carbons (Fsp3) is 0.583. The number of aryl methyl sites for hydroxylation is 1. The van der Waals surface area contributed by atoms with Crippen LogP contribution in [0, 0.1) is 12.8 Å². The molecule has 1 aromatic heterocycles. The number of carbonyl (C=O) groups is 2. The first kappa shape index (κ1) is 13.5. The molecule has 0 aromatic carbocycles. The summed E-state index contributed by atoms with van der Waals surface area (Å²) in [5, 5.41) is 12.8. The van der Waals surface area contributed by atoms with Crippen molar-refractivity contribution in [1.29, 1.82) is 0 Å². The molecule has 1 fully saturated rings. The summed E-state index contributed by atoms with van der Waals surface area (Å²) in [4.78, 5) is 24.9. The van der Waals surface area contributed by atoms with Crippen molar-refractivity contribution < 1.29 is 24.0 Å². The van der Waals surface area contributed by atoms with Gasteiger partial charge in [-0.15, -0.1) is 0 Å². The molecule has 1 saturated heterocycles. The molecule has 19 heavy (non-hydrogen) atoms. The van der Waals surface area contributed by atoms with E-state index in [9.17, 15) is 9.59 Å². The summed E-state index contributed by atoms with van der Waals surface area (Å²) in [5.74, 6) is -1.89. The number of likely N-dealkylation sites (N-methyl/N-ethyl adjacent to an activating group) is 1. The smallest absolute Gasteiger partial charge is 0.311 e. The third-order valence-corrected chi connectivity index (χ3v) is 3.21. The van der Waals surface area contributed by atoms with Gasteiger partial charge in [0.1, 0.15) is 5.92 Å². The Hall–Kier alpha value is -1.89. The zero-order chi connectivity index (χ0) is 14.0. The summed E-state index contributed by atoms with van der Waals surface area (Å²) in [6.45, 7) is 4.24. The van der Waals surface area contributed by atoms with Crippen molar-refractivity contribution in [1.82, 2.24) is 10.1 Å². The van der Waals surface area contributed by atoms with Crippen LogP contribution in [0.3, 0.4) is 0 Å². The normalized spacial score (nSPS) is 22.4. The Balaban J connectivity index is 2.20. The molecule has 2 heterocycles. The second-order valence-corrected chi connectivity index (χ2v) is 4.47. The van der Waals surface area contributed by atoms with Crippen LogP contribution in [0.25, 0.3) is 0 Å². The molecule has 7 nitrogen and oxygen atoms in total. The number of aliphatic carboxylic acids is 1. The maximum absolute atomic E-state index is 12.3. The van der Waals surface area contributed by atoms with Crippen molar-refractivity contribution in [2.24, 2.45) is 5.92 Å². The van der Waals surface area contributed by atoms with Gasteiger partial charge in [-0.1, -0.05) is 5.16 Å². The molecule has 0 bridgehead atoms. The Bertz CT molecular complexity index is 484. The average molecular weight is 268 g/mol. The van der Waals surface area contributed by atoms with Crippen molar-refractivity contribution >= 4 is 11.9 Å². The van der Waals surface area contributed by atoms with E-state index in [1.165, 1.54) is 11.0 Å². The first-order valence-corrected chi connectivity index (χ1v) is 6.09. The van der Waals surface area contributed by atoms with Gasteiger partial charge in [0.05, 0.1) is 24.9 Å². The molecule has 0 radical (unpaired) electrons. The van der Waals surface area contributed by atoms with Crippen molar-refractivity contribution in [3.63, 3.8) is 0 Å². The van der Waals surface area contributed by atoms with Crippen LogP contribution in [0.15, 0.2) is 10.6 Å². The van der Waals surface area contributed by atoms with E-state index in [1.54, 1.807) is 13.8 Å². The van der Waals surface area contributed by atoms with Crippen LogP contribution in [-0.2, 0) is 9.53 Å². The number of hydrogen-bond acceptors (Lipinski definition) is 5. The number of rotatable bonds is 4. The average Bonchev–Trinajstić information content (AvgIpc) is 2.98. The summed E-state index contributed by atoms with van der Waals surface area (Å²) in [7, 11) is 0. The SMILES string of the molecule is CCN(C(=O)c1cc(C)no1)C1COCC1C(=O)O. The van der Waals surface area contributed by atoms with E-state index in [0.717, 1.165) is 0 Å². The van der Waals surface area contributed by atoms with Crippen LogP contribution in [0.2, 0.25) is 0 Å². The first-order valence-electron chi connectivity index (χ1n) is 6.09. The number of carboxylic acid groups (broad SMARTS) is 1. The van der Waals surface area contributed by atoms with E-state index < -0.39 is 17.9 Å². The van der Waals surface area contributed by atoms with Gasteiger partial charge in [-0.3, -0.25) is 9.59 Å². The predicted octanol–water partition coefficient (Wildman–Crippen LogP) is 0.545. The topological polar surface area (TPSA) is 92.9 Å². The van der Waals surface area contributed by atoms with Crippen molar-refractivity contribution in [3.8, 4) is 0 Å². The molecule has 1 aliphatic heterocycles. The molecule has 2 rings (SSSR count). The molecule has 1 amide bonds. The maximum atomic E-state index is 12.3. The Kier molecular flexibility index (Phi) is 3.84. The minimum Gasteiger partial charge on any atom is -0.481 e. The Morgan fingerprint density at radius 2 is 2.26 bits per heavy atom. The van der Waals surface area contributed by atoms with E-state index in [0.29, 0.717) is 12.2 Å². The van der Waals surface area contributed by atoms with Crippen LogP contribution in [0.1, 0.15) is 23.2 Å². The van der Waals surface area contributed by atoms with E-state index in [2.05, 4.69) is 5.16 Å². The molecular formula is C12H16N2O5. The number of carbonyl (C=O) groups excluding carboxylic acids is 1. The Labute approximate surface area is 110 Å². The summed E-state index contributed by atoms with van der Waals surface area (Å²) in [5.41, 5.74) is 0.608. The monoisotopic (exact) mass is 268 g/mol.